The minimum absolute atomic E-state index is 0.417. The number of hydrogen-bond donors (Lipinski definition) is 2. The second kappa shape index (κ2) is 5.98. The number of rotatable bonds is 4. The summed E-state index contributed by atoms with van der Waals surface area (Å²) in [4.78, 5) is 4.24. The van der Waals surface area contributed by atoms with Gasteiger partial charge in [0.25, 0.3) is 0 Å². The summed E-state index contributed by atoms with van der Waals surface area (Å²) in [7, 11) is 0. The Kier molecular flexibility index (Phi) is 4.33. The van der Waals surface area contributed by atoms with Crippen molar-refractivity contribution in [3.05, 3.63) is 58.2 Å². The molecule has 94 valence electrons. The molecule has 3 nitrogen and oxygen atoms in total. The Balaban J connectivity index is 1.95. The summed E-state index contributed by atoms with van der Waals surface area (Å²) >= 11 is 3.35. The molecule has 0 saturated carbocycles. The Hall–Kier alpha value is -1.39. The fourth-order valence-electron chi connectivity index (χ4n) is 1.59. The van der Waals surface area contributed by atoms with Crippen LogP contribution in [0.3, 0.4) is 0 Å². The standard InChI is InChI=1S/C14H15BrN2O/c1-10(18)12-4-2-11(3-5-12)8-16-14-7-6-13(15)9-17-14/h2-7,9-10,18H,8H2,1H3,(H,16,17). The predicted molar refractivity (Wildman–Crippen MR) is 76.3 cm³/mol. The van der Waals surface area contributed by atoms with Crippen molar-refractivity contribution in [2.75, 3.05) is 5.32 Å². The number of pyridine rings is 1. The van der Waals surface area contributed by atoms with Gasteiger partial charge in [0.05, 0.1) is 6.10 Å². The molecule has 0 bridgehead atoms. The monoisotopic (exact) mass is 306 g/mol. The van der Waals surface area contributed by atoms with Crippen molar-refractivity contribution < 1.29 is 5.11 Å². The largest absolute Gasteiger partial charge is 0.389 e. The lowest BCUT2D eigenvalue weighted by Gasteiger charge is -2.08. The van der Waals surface area contributed by atoms with E-state index in [1.165, 1.54) is 0 Å². The van der Waals surface area contributed by atoms with Crippen molar-refractivity contribution in [2.45, 2.75) is 19.6 Å². The van der Waals surface area contributed by atoms with E-state index in [2.05, 4.69) is 26.2 Å². The van der Waals surface area contributed by atoms with Crippen LogP contribution in [-0.4, -0.2) is 10.1 Å². The van der Waals surface area contributed by atoms with E-state index in [9.17, 15) is 5.11 Å². The zero-order valence-electron chi connectivity index (χ0n) is 10.1. The molecule has 0 aliphatic carbocycles. The molecule has 0 aliphatic rings. The quantitative estimate of drug-likeness (QED) is 0.908. The molecule has 0 aliphatic heterocycles. The molecule has 1 aromatic heterocycles. The summed E-state index contributed by atoms with van der Waals surface area (Å²) in [5, 5.41) is 12.7. The number of benzene rings is 1. The van der Waals surface area contributed by atoms with Crippen LogP contribution in [0.25, 0.3) is 0 Å². The van der Waals surface area contributed by atoms with Crippen LogP contribution in [0.4, 0.5) is 5.82 Å². The minimum Gasteiger partial charge on any atom is -0.389 e. The smallest absolute Gasteiger partial charge is 0.126 e. The van der Waals surface area contributed by atoms with Crippen LogP contribution >= 0.6 is 15.9 Å². The molecule has 1 atom stereocenters. The van der Waals surface area contributed by atoms with Gasteiger partial charge in [-0.1, -0.05) is 24.3 Å². The molecule has 1 heterocycles. The molecule has 0 amide bonds. The van der Waals surface area contributed by atoms with Crippen molar-refractivity contribution in [1.82, 2.24) is 4.98 Å². The fraction of sp³-hybridized carbons (Fsp3) is 0.214. The first-order valence-electron chi connectivity index (χ1n) is 5.77. The number of nitrogens with zero attached hydrogens (tertiary/aromatic N) is 1. The van der Waals surface area contributed by atoms with E-state index in [1.54, 1.807) is 13.1 Å². The SMILES string of the molecule is CC(O)c1ccc(CNc2ccc(Br)cn2)cc1. The van der Waals surface area contributed by atoms with Crippen molar-refractivity contribution in [3.8, 4) is 0 Å². The Morgan fingerprint density at radius 2 is 1.94 bits per heavy atom. The van der Waals surface area contributed by atoms with E-state index in [-0.39, 0.29) is 0 Å². The third-order valence-electron chi connectivity index (χ3n) is 2.66. The van der Waals surface area contributed by atoms with Crippen LogP contribution in [0.2, 0.25) is 0 Å². The maximum Gasteiger partial charge on any atom is 0.126 e. The van der Waals surface area contributed by atoms with E-state index in [1.807, 2.05) is 36.4 Å². The molecule has 2 rings (SSSR count). The third kappa shape index (κ3) is 3.55. The highest BCUT2D eigenvalue weighted by Gasteiger charge is 2.00. The summed E-state index contributed by atoms with van der Waals surface area (Å²) in [5.74, 6) is 0.845. The van der Waals surface area contributed by atoms with Gasteiger partial charge in [0.1, 0.15) is 5.82 Å². The Morgan fingerprint density at radius 3 is 2.50 bits per heavy atom. The molecule has 2 N–H and O–H groups in total. The minimum atomic E-state index is -0.417. The Morgan fingerprint density at radius 1 is 1.22 bits per heavy atom. The highest BCUT2D eigenvalue weighted by atomic mass is 79.9. The summed E-state index contributed by atoms with van der Waals surface area (Å²) in [6.45, 7) is 2.48. The van der Waals surface area contributed by atoms with Crippen LogP contribution in [0.5, 0.6) is 0 Å². The van der Waals surface area contributed by atoms with E-state index in [0.717, 1.165) is 21.4 Å². The number of aromatic nitrogens is 1. The number of hydrogen-bond acceptors (Lipinski definition) is 3. The van der Waals surface area contributed by atoms with Gasteiger partial charge in [0, 0.05) is 17.2 Å². The van der Waals surface area contributed by atoms with Crippen LogP contribution in [-0.2, 0) is 6.54 Å². The predicted octanol–water partition coefficient (Wildman–Crippen LogP) is 3.51. The fourth-order valence-corrected chi connectivity index (χ4v) is 1.82. The summed E-state index contributed by atoms with van der Waals surface area (Å²) < 4.78 is 0.967. The van der Waals surface area contributed by atoms with E-state index >= 15 is 0 Å². The van der Waals surface area contributed by atoms with Crippen molar-refractivity contribution in [1.29, 1.82) is 0 Å². The molecule has 4 heteroatoms. The molecule has 0 fully saturated rings. The second-order valence-electron chi connectivity index (χ2n) is 4.13. The molecular weight excluding hydrogens is 292 g/mol. The number of anilines is 1. The number of aliphatic hydroxyl groups is 1. The summed E-state index contributed by atoms with van der Waals surface area (Å²) in [6, 6.07) is 11.8. The van der Waals surface area contributed by atoms with Crippen LogP contribution < -0.4 is 5.32 Å². The average Bonchev–Trinajstić information content (AvgIpc) is 2.38. The lowest BCUT2D eigenvalue weighted by molar-refractivity contribution is 0.199. The van der Waals surface area contributed by atoms with Gasteiger partial charge in [-0.3, -0.25) is 0 Å². The normalized spacial score (nSPS) is 12.2. The van der Waals surface area contributed by atoms with Gasteiger partial charge < -0.3 is 10.4 Å². The van der Waals surface area contributed by atoms with Gasteiger partial charge in [-0.15, -0.1) is 0 Å². The van der Waals surface area contributed by atoms with Gasteiger partial charge >= 0.3 is 0 Å². The highest BCUT2D eigenvalue weighted by molar-refractivity contribution is 9.10. The number of nitrogens with one attached hydrogen (secondary N) is 1. The number of halogens is 1. The average molecular weight is 307 g/mol. The van der Waals surface area contributed by atoms with Crippen molar-refractivity contribution in [3.63, 3.8) is 0 Å². The third-order valence-corrected chi connectivity index (χ3v) is 3.13. The first kappa shape index (κ1) is 13.1. The number of aliphatic hydroxyl groups excluding tert-OH is 1. The molecule has 0 radical (unpaired) electrons. The zero-order chi connectivity index (χ0) is 13.0. The maximum absolute atomic E-state index is 9.42. The lowest BCUT2D eigenvalue weighted by atomic mass is 10.1. The molecule has 18 heavy (non-hydrogen) atoms. The molecule has 2 aromatic rings. The summed E-state index contributed by atoms with van der Waals surface area (Å²) in [5.41, 5.74) is 2.09. The lowest BCUT2D eigenvalue weighted by Crippen LogP contribution is -2.01. The van der Waals surface area contributed by atoms with E-state index in [0.29, 0.717) is 6.54 Å². The van der Waals surface area contributed by atoms with Crippen LogP contribution in [0, 0.1) is 0 Å². The van der Waals surface area contributed by atoms with Crippen molar-refractivity contribution in [2.24, 2.45) is 0 Å². The van der Waals surface area contributed by atoms with Gasteiger partial charge in [-0.2, -0.15) is 0 Å². The second-order valence-corrected chi connectivity index (χ2v) is 5.05. The Labute approximate surface area is 115 Å². The summed E-state index contributed by atoms with van der Waals surface area (Å²) in [6.07, 6.45) is 1.35. The van der Waals surface area contributed by atoms with Crippen LogP contribution in [0.15, 0.2) is 47.1 Å². The highest BCUT2D eigenvalue weighted by Crippen LogP contribution is 2.14. The zero-order valence-corrected chi connectivity index (χ0v) is 11.7. The van der Waals surface area contributed by atoms with Gasteiger partial charge in [-0.25, -0.2) is 4.98 Å². The first-order valence-corrected chi connectivity index (χ1v) is 6.57. The van der Waals surface area contributed by atoms with Gasteiger partial charge in [0.15, 0.2) is 0 Å². The van der Waals surface area contributed by atoms with E-state index < -0.39 is 6.10 Å². The molecule has 1 unspecified atom stereocenters. The van der Waals surface area contributed by atoms with E-state index in [4.69, 9.17) is 0 Å². The topological polar surface area (TPSA) is 45.1 Å². The molecular formula is C14H15BrN2O. The van der Waals surface area contributed by atoms with Crippen LogP contribution in [0.1, 0.15) is 24.2 Å². The molecule has 0 spiro atoms. The van der Waals surface area contributed by atoms with Crippen molar-refractivity contribution >= 4 is 21.7 Å². The molecule has 1 aromatic carbocycles. The van der Waals surface area contributed by atoms with Gasteiger partial charge in [-0.05, 0) is 46.1 Å². The molecule has 0 saturated heterocycles. The first-order chi connectivity index (χ1) is 8.65. The van der Waals surface area contributed by atoms with Gasteiger partial charge in [0.2, 0.25) is 0 Å². The maximum atomic E-state index is 9.42. The Bertz CT molecular complexity index is 494.